The molecule has 1 N–H and O–H groups in total. The van der Waals surface area contributed by atoms with Crippen molar-refractivity contribution >= 4 is 0 Å². The number of halogens is 1. The van der Waals surface area contributed by atoms with E-state index in [2.05, 4.69) is 36.5 Å². The molecule has 0 saturated carbocycles. The highest BCUT2D eigenvalue weighted by Crippen LogP contribution is 2.12. The summed E-state index contributed by atoms with van der Waals surface area (Å²) >= 11 is 0. The first-order chi connectivity index (χ1) is 9.25. The Hall–Kier alpha value is -1.67. The van der Waals surface area contributed by atoms with Crippen LogP contribution < -0.4 is 5.32 Å². The maximum absolute atomic E-state index is 12.8. The molecule has 2 rings (SSSR count). The topological polar surface area (TPSA) is 12.0 Å². The lowest BCUT2D eigenvalue weighted by atomic mass is 10.0. The Bertz CT molecular complexity index is 478. The summed E-state index contributed by atoms with van der Waals surface area (Å²) in [6, 6.07) is 17.2. The standard InChI is InChI=1S/C17H20FN/c1-14(16-5-3-2-4-6-16)13-19-12-11-15-7-9-17(18)10-8-15/h2-10,14,19H,11-13H2,1H3/t14-/m1/s1. The van der Waals surface area contributed by atoms with Gasteiger partial charge in [-0.25, -0.2) is 4.39 Å². The Balaban J connectivity index is 1.71. The second-order valence-electron chi connectivity index (χ2n) is 4.89. The third-order valence-corrected chi connectivity index (χ3v) is 3.32. The van der Waals surface area contributed by atoms with E-state index in [1.54, 1.807) is 0 Å². The van der Waals surface area contributed by atoms with Crippen LogP contribution in [0.3, 0.4) is 0 Å². The van der Waals surface area contributed by atoms with Crippen LogP contribution in [0.2, 0.25) is 0 Å². The summed E-state index contributed by atoms with van der Waals surface area (Å²) in [6.07, 6.45) is 0.932. The molecule has 0 aliphatic carbocycles. The molecule has 0 aromatic heterocycles. The molecular formula is C17H20FN. The lowest BCUT2D eigenvalue weighted by Crippen LogP contribution is -2.22. The first kappa shape index (κ1) is 13.8. The minimum absolute atomic E-state index is 0.172. The average molecular weight is 257 g/mol. The van der Waals surface area contributed by atoms with Gasteiger partial charge < -0.3 is 5.32 Å². The maximum atomic E-state index is 12.8. The van der Waals surface area contributed by atoms with Gasteiger partial charge in [-0.15, -0.1) is 0 Å². The Labute approximate surface area is 114 Å². The fraction of sp³-hybridized carbons (Fsp3) is 0.294. The average Bonchev–Trinajstić information content (AvgIpc) is 2.46. The van der Waals surface area contributed by atoms with Crippen molar-refractivity contribution in [3.05, 3.63) is 71.5 Å². The summed E-state index contributed by atoms with van der Waals surface area (Å²) in [5.41, 5.74) is 2.53. The zero-order valence-corrected chi connectivity index (χ0v) is 11.3. The van der Waals surface area contributed by atoms with Crippen LogP contribution in [0.4, 0.5) is 4.39 Å². The van der Waals surface area contributed by atoms with Crippen molar-refractivity contribution in [1.29, 1.82) is 0 Å². The fourth-order valence-corrected chi connectivity index (χ4v) is 2.10. The Morgan fingerprint density at radius 2 is 1.68 bits per heavy atom. The van der Waals surface area contributed by atoms with Crippen LogP contribution in [0.15, 0.2) is 54.6 Å². The van der Waals surface area contributed by atoms with E-state index in [9.17, 15) is 4.39 Å². The summed E-state index contributed by atoms with van der Waals surface area (Å²) in [7, 11) is 0. The van der Waals surface area contributed by atoms with E-state index in [1.165, 1.54) is 23.3 Å². The third kappa shape index (κ3) is 4.49. The van der Waals surface area contributed by atoms with E-state index >= 15 is 0 Å². The fourth-order valence-electron chi connectivity index (χ4n) is 2.10. The van der Waals surface area contributed by atoms with Crippen LogP contribution in [-0.4, -0.2) is 13.1 Å². The maximum Gasteiger partial charge on any atom is 0.123 e. The zero-order valence-electron chi connectivity index (χ0n) is 11.3. The van der Waals surface area contributed by atoms with Gasteiger partial charge in [0, 0.05) is 6.54 Å². The van der Waals surface area contributed by atoms with Crippen LogP contribution in [0, 0.1) is 5.82 Å². The van der Waals surface area contributed by atoms with Crippen molar-refractivity contribution in [2.45, 2.75) is 19.3 Å². The molecule has 2 aromatic carbocycles. The van der Waals surface area contributed by atoms with E-state index in [0.29, 0.717) is 5.92 Å². The molecule has 1 atom stereocenters. The summed E-state index contributed by atoms with van der Waals surface area (Å²) in [4.78, 5) is 0. The smallest absolute Gasteiger partial charge is 0.123 e. The van der Waals surface area contributed by atoms with E-state index in [-0.39, 0.29) is 5.82 Å². The molecule has 0 fully saturated rings. The Morgan fingerprint density at radius 3 is 2.37 bits per heavy atom. The van der Waals surface area contributed by atoms with Crippen LogP contribution in [0.5, 0.6) is 0 Å². The van der Waals surface area contributed by atoms with Gasteiger partial charge in [0.25, 0.3) is 0 Å². The highest BCUT2D eigenvalue weighted by molar-refractivity contribution is 5.19. The van der Waals surface area contributed by atoms with Gasteiger partial charge in [-0.3, -0.25) is 0 Å². The normalized spacial score (nSPS) is 12.3. The van der Waals surface area contributed by atoms with Gasteiger partial charge >= 0.3 is 0 Å². The molecule has 100 valence electrons. The second-order valence-corrected chi connectivity index (χ2v) is 4.89. The van der Waals surface area contributed by atoms with Gasteiger partial charge in [-0.2, -0.15) is 0 Å². The summed E-state index contributed by atoms with van der Waals surface area (Å²) < 4.78 is 12.8. The second kappa shape index (κ2) is 7.05. The molecule has 0 spiro atoms. The predicted octanol–water partition coefficient (Wildman–Crippen LogP) is 3.76. The van der Waals surface area contributed by atoms with Gasteiger partial charge in [0.2, 0.25) is 0 Å². The van der Waals surface area contributed by atoms with E-state index in [1.807, 2.05) is 18.2 Å². The van der Waals surface area contributed by atoms with Gasteiger partial charge in [0.05, 0.1) is 0 Å². The predicted molar refractivity (Wildman–Crippen MR) is 77.8 cm³/mol. The molecule has 0 aliphatic rings. The van der Waals surface area contributed by atoms with E-state index < -0.39 is 0 Å². The molecule has 0 aliphatic heterocycles. The van der Waals surface area contributed by atoms with E-state index in [4.69, 9.17) is 0 Å². The van der Waals surface area contributed by atoms with E-state index in [0.717, 1.165) is 19.5 Å². The molecule has 0 amide bonds. The summed E-state index contributed by atoms with van der Waals surface area (Å²) in [5, 5.41) is 3.45. The van der Waals surface area contributed by atoms with Crippen LogP contribution >= 0.6 is 0 Å². The number of benzene rings is 2. The lowest BCUT2D eigenvalue weighted by Gasteiger charge is -2.13. The van der Waals surface area contributed by atoms with Crippen LogP contribution in [0.25, 0.3) is 0 Å². The van der Waals surface area contributed by atoms with Crippen LogP contribution in [-0.2, 0) is 6.42 Å². The lowest BCUT2D eigenvalue weighted by molar-refractivity contribution is 0.612. The SMILES string of the molecule is C[C@H](CNCCc1ccc(F)cc1)c1ccccc1. The summed E-state index contributed by atoms with van der Waals surface area (Å²) in [6.45, 7) is 4.11. The quantitative estimate of drug-likeness (QED) is 0.777. The highest BCUT2D eigenvalue weighted by Gasteiger charge is 2.03. The summed E-state index contributed by atoms with van der Waals surface area (Å²) in [5.74, 6) is 0.337. The molecule has 0 heterocycles. The Kier molecular flexibility index (Phi) is 5.10. The van der Waals surface area contributed by atoms with Gasteiger partial charge in [-0.1, -0.05) is 49.4 Å². The van der Waals surface area contributed by atoms with Crippen molar-refractivity contribution in [1.82, 2.24) is 5.32 Å². The molecule has 0 radical (unpaired) electrons. The van der Waals surface area contributed by atoms with Crippen molar-refractivity contribution in [2.75, 3.05) is 13.1 Å². The van der Waals surface area contributed by atoms with Gasteiger partial charge in [0.15, 0.2) is 0 Å². The molecule has 0 unspecified atom stereocenters. The number of hydrogen-bond acceptors (Lipinski definition) is 1. The molecule has 2 heteroatoms. The van der Waals surface area contributed by atoms with Gasteiger partial charge in [0.1, 0.15) is 5.82 Å². The van der Waals surface area contributed by atoms with Crippen molar-refractivity contribution in [3.8, 4) is 0 Å². The van der Waals surface area contributed by atoms with Crippen molar-refractivity contribution in [2.24, 2.45) is 0 Å². The van der Waals surface area contributed by atoms with Crippen LogP contribution in [0.1, 0.15) is 24.0 Å². The Morgan fingerprint density at radius 1 is 1.00 bits per heavy atom. The minimum Gasteiger partial charge on any atom is -0.316 e. The number of hydrogen-bond donors (Lipinski definition) is 1. The number of rotatable bonds is 6. The first-order valence-electron chi connectivity index (χ1n) is 6.76. The first-order valence-corrected chi connectivity index (χ1v) is 6.76. The molecule has 0 bridgehead atoms. The number of nitrogens with one attached hydrogen (secondary N) is 1. The zero-order chi connectivity index (χ0) is 13.5. The molecule has 2 aromatic rings. The van der Waals surface area contributed by atoms with Crippen molar-refractivity contribution < 1.29 is 4.39 Å². The van der Waals surface area contributed by atoms with Crippen molar-refractivity contribution in [3.63, 3.8) is 0 Å². The largest absolute Gasteiger partial charge is 0.316 e. The third-order valence-electron chi connectivity index (χ3n) is 3.32. The minimum atomic E-state index is -0.172. The molecular weight excluding hydrogens is 237 g/mol. The molecule has 19 heavy (non-hydrogen) atoms. The molecule has 1 nitrogen and oxygen atoms in total. The monoisotopic (exact) mass is 257 g/mol. The molecule has 0 saturated heterocycles. The van der Waals surface area contributed by atoms with Gasteiger partial charge in [-0.05, 0) is 42.1 Å². The highest BCUT2D eigenvalue weighted by atomic mass is 19.1.